The topological polar surface area (TPSA) is 114 Å². The first kappa shape index (κ1) is 40.0. The quantitative estimate of drug-likeness (QED) is 0.0703. The summed E-state index contributed by atoms with van der Waals surface area (Å²) in [6.07, 6.45) is 10.4. The fraction of sp³-hybridized carbons (Fsp3) is 0.750. The Morgan fingerprint density at radius 3 is 2.32 bits per heavy atom. The number of ketones is 1. The van der Waals surface area contributed by atoms with Gasteiger partial charge < -0.3 is 24.3 Å². The van der Waals surface area contributed by atoms with Crippen molar-refractivity contribution >= 4 is 11.8 Å². The Morgan fingerprint density at radius 2 is 1.60 bits per heavy atom. The van der Waals surface area contributed by atoms with Crippen molar-refractivity contribution in [2.45, 2.75) is 124 Å². The monoisotopic (exact) mass is 696 g/mol. The van der Waals surface area contributed by atoms with Gasteiger partial charge in [0.15, 0.2) is 5.78 Å². The van der Waals surface area contributed by atoms with Crippen molar-refractivity contribution in [1.82, 2.24) is 20.3 Å². The molecule has 0 amide bonds. The molecule has 0 radical (unpaired) electrons. The van der Waals surface area contributed by atoms with E-state index in [1.807, 2.05) is 31.3 Å². The molecular formula is C40H64N4O6. The third-order valence-corrected chi connectivity index (χ3v) is 11.1. The average molecular weight is 697 g/mol. The number of unbranched alkanes of at least 4 members (excludes halogenated alkanes) is 1. The second-order valence-corrected chi connectivity index (χ2v) is 15.7. The molecule has 2 aliphatic carbocycles. The zero-order valence-corrected chi connectivity index (χ0v) is 31.8. The molecule has 280 valence electrons. The Bertz CT molecular complexity index is 1320. The van der Waals surface area contributed by atoms with Gasteiger partial charge in [-0.2, -0.15) is 0 Å². The van der Waals surface area contributed by atoms with Crippen molar-refractivity contribution in [3.05, 3.63) is 41.2 Å². The Morgan fingerprint density at radius 1 is 0.880 bits per heavy atom. The summed E-state index contributed by atoms with van der Waals surface area (Å²) >= 11 is 0. The van der Waals surface area contributed by atoms with Gasteiger partial charge >= 0.3 is 5.97 Å². The van der Waals surface area contributed by atoms with E-state index in [1.165, 1.54) is 5.69 Å². The Balaban J connectivity index is 1.06. The molecule has 10 nitrogen and oxygen atoms in total. The fourth-order valence-electron chi connectivity index (χ4n) is 6.66. The highest BCUT2D eigenvalue weighted by atomic mass is 16.5. The third-order valence-electron chi connectivity index (χ3n) is 11.1. The second kappa shape index (κ2) is 19.7. The maximum Gasteiger partial charge on any atom is 0.305 e. The van der Waals surface area contributed by atoms with Crippen molar-refractivity contribution in [3.63, 3.8) is 0 Å². The molecule has 0 saturated heterocycles. The number of aryl methyl sites for hydroxylation is 2. The zero-order chi connectivity index (χ0) is 36.0. The summed E-state index contributed by atoms with van der Waals surface area (Å²) in [4.78, 5) is 25.2. The number of fused-ring (bicyclic) bond motifs is 2. The molecule has 1 saturated carbocycles. The summed E-state index contributed by atoms with van der Waals surface area (Å²) in [6, 6.07) is 7.50. The Labute approximate surface area is 300 Å². The predicted octanol–water partition coefficient (Wildman–Crippen LogP) is 7.02. The van der Waals surface area contributed by atoms with E-state index in [0.29, 0.717) is 75.5 Å². The molecule has 0 aliphatic heterocycles. The van der Waals surface area contributed by atoms with E-state index < -0.39 is 0 Å². The summed E-state index contributed by atoms with van der Waals surface area (Å²) in [7, 11) is 1.96. The summed E-state index contributed by atoms with van der Waals surface area (Å²) in [5, 5.41) is 12.3. The van der Waals surface area contributed by atoms with E-state index in [0.717, 1.165) is 87.9 Å². The average Bonchev–Trinajstić information content (AvgIpc) is 3.61. The molecule has 1 fully saturated rings. The lowest BCUT2D eigenvalue weighted by Crippen LogP contribution is -2.37. The second-order valence-electron chi connectivity index (χ2n) is 15.7. The predicted molar refractivity (Wildman–Crippen MR) is 196 cm³/mol. The van der Waals surface area contributed by atoms with E-state index in [-0.39, 0.29) is 17.3 Å². The molecule has 50 heavy (non-hydrogen) atoms. The summed E-state index contributed by atoms with van der Waals surface area (Å²) in [5.41, 5.74) is 3.42. The number of hydrogen-bond acceptors (Lipinski definition) is 9. The molecule has 0 unspecified atom stereocenters. The summed E-state index contributed by atoms with van der Waals surface area (Å²) < 4.78 is 24.9. The third kappa shape index (κ3) is 13.1. The molecule has 0 spiro atoms. The van der Waals surface area contributed by atoms with Gasteiger partial charge in [0.05, 0.1) is 37.8 Å². The number of carbonyl (C=O) groups excluding carboxylic acids is 2. The molecule has 10 heteroatoms. The van der Waals surface area contributed by atoms with Crippen LogP contribution in [-0.4, -0.2) is 79.0 Å². The van der Waals surface area contributed by atoms with Crippen LogP contribution in [0, 0.1) is 23.2 Å². The van der Waals surface area contributed by atoms with Gasteiger partial charge in [0.1, 0.15) is 5.75 Å². The Hall–Kier alpha value is -2.82. The van der Waals surface area contributed by atoms with Gasteiger partial charge in [-0.1, -0.05) is 32.4 Å². The number of hydrogen-bond donors (Lipinski definition) is 1. The normalized spacial score (nSPS) is 18.9. The number of ether oxygens (including phenoxy) is 4. The number of nitrogens with one attached hydrogen (secondary N) is 1. The van der Waals surface area contributed by atoms with Crippen molar-refractivity contribution in [2.24, 2.45) is 23.2 Å². The van der Waals surface area contributed by atoms with Crippen LogP contribution in [0.3, 0.4) is 0 Å². The standard InChI is InChI=1S/C40H64N4O6/c1-7-39(2,3)21-25-48-28-27-47-24-10-12-38(46)50-29-34-32-17-19-35-36(20-18-33(32)34)44(43-42-35)23-9-8-11-37(45)30-13-15-31(16-14-30)49-26-22-40(4,5)41-6/h13-16,32-34,41H,7-12,17-29H2,1-6H3/t32-,33+,34+/m0/s1. The highest BCUT2D eigenvalue weighted by Crippen LogP contribution is 2.53. The van der Waals surface area contributed by atoms with Crippen LogP contribution in [0.15, 0.2) is 24.3 Å². The lowest BCUT2D eigenvalue weighted by molar-refractivity contribution is -0.144. The van der Waals surface area contributed by atoms with E-state index in [9.17, 15) is 9.59 Å². The minimum absolute atomic E-state index is 0.0280. The number of rotatable bonds is 24. The molecule has 3 atom stereocenters. The molecule has 2 aromatic rings. The number of nitrogens with zero attached hydrogens (tertiary/aromatic N) is 3. The van der Waals surface area contributed by atoms with E-state index in [1.54, 1.807) is 0 Å². The first-order valence-electron chi connectivity index (χ1n) is 19.2. The minimum Gasteiger partial charge on any atom is -0.494 e. The van der Waals surface area contributed by atoms with Crippen LogP contribution in [0.25, 0.3) is 0 Å². The van der Waals surface area contributed by atoms with E-state index in [4.69, 9.17) is 18.9 Å². The lowest BCUT2D eigenvalue weighted by Gasteiger charge is -2.23. The van der Waals surface area contributed by atoms with Gasteiger partial charge in [0.2, 0.25) is 0 Å². The van der Waals surface area contributed by atoms with Crippen molar-refractivity contribution < 1.29 is 28.5 Å². The van der Waals surface area contributed by atoms with Gasteiger partial charge in [0.25, 0.3) is 0 Å². The lowest BCUT2D eigenvalue weighted by atomic mass is 9.87. The zero-order valence-electron chi connectivity index (χ0n) is 31.8. The highest BCUT2D eigenvalue weighted by Gasteiger charge is 2.50. The van der Waals surface area contributed by atoms with Gasteiger partial charge in [0, 0.05) is 43.7 Å². The number of esters is 1. The number of Topliss-reactive ketones (excluding diaryl/α,β-unsaturated/α-hetero) is 1. The van der Waals surface area contributed by atoms with Crippen LogP contribution < -0.4 is 10.1 Å². The molecule has 2 aliphatic rings. The smallest absolute Gasteiger partial charge is 0.305 e. The first-order chi connectivity index (χ1) is 24.0. The van der Waals surface area contributed by atoms with Crippen LogP contribution in [0.2, 0.25) is 0 Å². The van der Waals surface area contributed by atoms with Crippen molar-refractivity contribution in [1.29, 1.82) is 0 Å². The maximum atomic E-state index is 12.8. The van der Waals surface area contributed by atoms with Crippen LogP contribution in [0.4, 0.5) is 0 Å². The van der Waals surface area contributed by atoms with Crippen LogP contribution >= 0.6 is 0 Å². The summed E-state index contributed by atoms with van der Waals surface area (Å²) in [6.45, 7) is 15.4. The Kier molecular flexibility index (Phi) is 15.7. The van der Waals surface area contributed by atoms with Crippen molar-refractivity contribution in [2.75, 3.05) is 46.7 Å². The molecule has 1 heterocycles. The molecule has 4 rings (SSSR count). The molecule has 1 N–H and O–H groups in total. The minimum atomic E-state index is -0.129. The van der Waals surface area contributed by atoms with Gasteiger partial charge in [-0.3, -0.25) is 9.59 Å². The van der Waals surface area contributed by atoms with Crippen LogP contribution in [0.5, 0.6) is 5.75 Å². The van der Waals surface area contributed by atoms with Gasteiger partial charge in [-0.25, -0.2) is 4.68 Å². The number of carbonyl (C=O) groups is 2. The molecular weight excluding hydrogens is 632 g/mol. The molecule has 1 aromatic carbocycles. The highest BCUT2D eigenvalue weighted by molar-refractivity contribution is 5.96. The first-order valence-corrected chi connectivity index (χ1v) is 19.2. The van der Waals surface area contributed by atoms with Gasteiger partial charge in [-0.05, 0) is 126 Å². The summed E-state index contributed by atoms with van der Waals surface area (Å²) in [5.74, 6) is 2.47. The van der Waals surface area contributed by atoms with Crippen molar-refractivity contribution in [3.8, 4) is 5.75 Å². The SMILES string of the molecule is CCC(C)(C)CCOCCOCCCC(=O)OC[C@H]1[C@@H]2CCc3c(nnn3CCCCC(=O)c3ccc(OCCC(C)(C)NC)cc3)CC[C@@H]21. The van der Waals surface area contributed by atoms with Crippen LogP contribution in [0.1, 0.15) is 121 Å². The van der Waals surface area contributed by atoms with Gasteiger partial charge in [-0.15, -0.1) is 5.10 Å². The number of aromatic nitrogens is 3. The van der Waals surface area contributed by atoms with E-state index in [2.05, 4.69) is 54.9 Å². The molecule has 1 aromatic heterocycles. The fourth-order valence-corrected chi connectivity index (χ4v) is 6.66. The van der Waals surface area contributed by atoms with E-state index >= 15 is 0 Å². The largest absolute Gasteiger partial charge is 0.494 e. The number of benzene rings is 1. The molecule has 0 bridgehead atoms. The maximum absolute atomic E-state index is 12.8. The van der Waals surface area contributed by atoms with Crippen LogP contribution in [-0.2, 0) is 38.4 Å².